The molecule has 2 aliphatic heterocycles. The molecule has 2 nitrogen and oxygen atoms in total. The standard InChI is InChI=1S/C20H29NO/c1-13-9-10-17-18(11-13)22-19-16-8-6-5-7-15(16)14(2)12-21(19)20(17,3)4/h5-8,13-14,17-19H,9-12H2,1-4H3/t13-,14-,17?,18?,19+/m1/s1. The van der Waals surface area contributed by atoms with Crippen LogP contribution in [0.2, 0.25) is 0 Å². The summed E-state index contributed by atoms with van der Waals surface area (Å²) < 4.78 is 6.70. The lowest BCUT2D eigenvalue weighted by molar-refractivity contribution is -0.242. The van der Waals surface area contributed by atoms with Gasteiger partial charge in [-0.15, -0.1) is 0 Å². The van der Waals surface area contributed by atoms with Gasteiger partial charge in [0.25, 0.3) is 0 Å². The third-order valence-corrected chi connectivity index (χ3v) is 6.55. The number of rotatable bonds is 0. The predicted molar refractivity (Wildman–Crippen MR) is 89.8 cm³/mol. The van der Waals surface area contributed by atoms with E-state index in [1.54, 1.807) is 0 Å². The third-order valence-electron chi connectivity index (χ3n) is 6.55. The lowest BCUT2D eigenvalue weighted by Crippen LogP contribution is -2.63. The van der Waals surface area contributed by atoms with E-state index in [4.69, 9.17) is 4.74 Å². The maximum Gasteiger partial charge on any atom is 0.137 e. The summed E-state index contributed by atoms with van der Waals surface area (Å²) in [4.78, 5) is 2.65. The van der Waals surface area contributed by atoms with Crippen LogP contribution in [0.5, 0.6) is 0 Å². The smallest absolute Gasteiger partial charge is 0.137 e. The molecule has 3 aliphatic rings. The van der Waals surface area contributed by atoms with Crippen LogP contribution in [-0.4, -0.2) is 23.1 Å². The Morgan fingerprint density at radius 2 is 1.82 bits per heavy atom. The molecular weight excluding hydrogens is 270 g/mol. The minimum absolute atomic E-state index is 0.161. The van der Waals surface area contributed by atoms with Gasteiger partial charge in [-0.3, -0.25) is 4.90 Å². The van der Waals surface area contributed by atoms with Crippen LogP contribution in [-0.2, 0) is 4.74 Å². The normalized spacial score (nSPS) is 40.5. The summed E-state index contributed by atoms with van der Waals surface area (Å²) in [6.45, 7) is 10.8. The fraction of sp³-hybridized carbons (Fsp3) is 0.700. The van der Waals surface area contributed by atoms with Gasteiger partial charge in [-0.2, -0.15) is 0 Å². The van der Waals surface area contributed by atoms with Crippen molar-refractivity contribution < 1.29 is 4.74 Å². The highest BCUT2D eigenvalue weighted by Gasteiger charge is 2.52. The van der Waals surface area contributed by atoms with E-state index in [1.807, 2.05) is 0 Å². The fourth-order valence-corrected chi connectivity index (χ4v) is 5.19. The van der Waals surface area contributed by atoms with Gasteiger partial charge in [0.1, 0.15) is 6.23 Å². The minimum Gasteiger partial charge on any atom is -0.355 e. The zero-order valence-electron chi connectivity index (χ0n) is 14.4. The molecule has 0 bridgehead atoms. The van der Waals surface area contributed by atoms with E-state index in [2.05, 4.69) is 56.9 Å². The largest absolute Gasteiger partial charge is 0.355 e. The summed E-state index contributed by atoms with van der Waals surface area (Å²) in [6, 6.07) is 8.92. The van der Waals surface area contributed by atoms with Crippen LogP contribution in [0.25, 0.3) is 0 Å². The Bertz CT molecular complexity index is 567. The number of benzene rings is 1. The Kier molecular flexibility index (Phi) is 3.39. The van der Waals surface area contributed by atoms with Gasteiger partial charge in [0.2, 0.25) is 0 Å². The first-order valence-electron chi connectivity index (χ1n) is 8.99. The molecule has 1 saturated heterocycles. The third kappa shape index (κ3) is 2.07. The fourth-order valence-electron chi connectivity index (χ4n) is 5.19. The number of hydrogen-bond acceptors (Lipinski definition) is 2. The van der Waals surface area contributed by atoms with Crippen molar-refractivity contribution in [2.24, 2.45) is 11.8 Å². The van der Waals surface area contributed by atoms with Crippen LogP contribution in [0, 0.1) is 11.8 Å². The van der Waals surface area contributed by atoms with Crippen molar-refractivity contribution >= 4 is 0 Å². The summed E-state index contributed by atoms with van der Waals surface area (Å²) in [5.41, 5.74) is 3.13. The topological polar surface area (TPSA) is 12.5 Å². The maximum atomic E-state index is 6.70. The molecule has 120 valence electrons. The second-order valence-corrected chi connectivity index (χ2v) is 8.39. The number of ether oxygens (including phenoxy) is 1. The molecule has 0 radical (unpaired) electrons. The van der Waals surface area contributed by atoms with Crippen molar-refractivity contribution in [2.75, 3.05) is 6.54 Å². The first-order valence-corrected chi connectivity index (χ1v) is 8.99. The second-order valence-electron chi connectivity index (χ2n) is 8.39. The van der Waals surface area contributed by atoms with Gasteiger partial charge in [-0.25, -0.2) is 0 Å². The highest BCUT2D eigenvalue weighted by atomic mass is 16.5. The zero-order chi connectivity index (χ0) is 15.5. The number of nitrogens with zero attached hydrogens (tertiary/aromatic N) is 1. The Labute approximate surface area is 134 Å². The van der Waals surface area contributed by atoms with Crippen molar-refractivity contribution in [3.05, 3.63) is 35.4 Å². The van der Waals surface area contributed by atoms with E-state index >= 15 is 0 Å². The number of hydrogen-bond donors (Lipinski definition) is 0. The molecule has 1 saturated carbocycles. The van der Waals surface area contributed by atoms with E-state index in [0.717, 1.165) is 12.5 Å². The van der Waals surface area contributed by atoms with E-state index < -0.39 is 0 Å². The monoisotopic (exact) mass is 299 g/mol. The Morgan fingerprint density at radius 3 is 2.59 bits per heavy atom. The van der Waals surface area contributed by atoms with Crippen molar-refractivity contribution in [2.45, 2.75) is 70.7 Å². The van der Waals surface area contributed by atoms with Gasteiger partial charge < -0.3 is 4.74 Å². The summed E-state index contributed by atoms with van der Waals surface area (Å²) in [7, 11) is 0. The van der Waals surface area contributed by atoms with Crippen molar-refractivity contribution in [1.29, 1.82) is 0 Å². The van der Waals surface area contributed by atoms with E-state index in [-0.39, 0.29) is 11.8 Å². The predicted octanol–water partition coefficient (Wildman–Crippen LogP) is 4.72. The minimum atomic E-state index is 0.161. The van der Waals surface area contributed by atoms with Gasteiger partial charge in [0.15, 0.2) is 0 Å². The molecule has 4 rings (SSSR count). The SMILES string of the molecule is C[C@@H]1CCC2C(C1)O[C@H]1c3ccccc3[C@H](C)CN1C2(C)C. The molecule has 0 N–H and O–H groups in total. The molecule has 2 heteroatoms. The molecule has 2 fully saturated rings. The van der Waals surface area contributed by atoms with Crippen LogP contribution in [0.15, 0.2) is 24.3 Å². The van der Waals surface area contributed by atoms with E-state index in [0.29, 0.717) is 17.9 Å². The van der Waals surface area contributed by atoms with Crippen LogP contribution >= 0.6 is 0 Å². The average molecular weight is 299 g/mol. The molecule has 1 aromatic carbocycles. The zero-order valence-corrected chi connectivity index (χ0v) is 14.4. The van der Waals surface area contributed by atoms with E-state index in [9.17, 15) is 0 Å². The van der Waals surface area contributed by atoms with Crippen LogP contribution in [0.4, 0.5) is 0 Å². The molecule has 1 aliphatic carbocycles. The Hall–Kier alpha value is -0.860. The summed E-state index contributed by atoms with van der Waals surface area (Å²) in [5.74, 6) is 2.08. The Balaban J connectivity index is 1.75. The van der Waals surface area contributed by atoms with Crippen LogP contribution < -0.4 is 0 Å². The first-order chi connectivity index (χ1) is 10.5. The molecule has 0 amide bonds. The van der Waals surface area contributed by atoms with Gasteiger partial charge >= 0.3 is 0 Å². The van der Waals surface area contributed by atoms with Crippen molar-refractivity contribution in [3.63, 3.8) is 0 Å². The highest BCUT2D eigenvalue weighted by Crippen LogP contribution is 2.52. The molecule has 1 aromatic rings. The molecule has 22 heavy (non-hydrogen) atoms. The summed E-state index contributed by atoms with van der Waals surface area (Å²) in [6.07, 6.45) is 4.50. The van der Waals surface area contributed by atoms with E-state index in [1.165, 1.54) is 30.4 Å². The lowest BCUT2D eigenvalue weighted by atomic mass is 9.68. The van der Waals surface area contributed by atoms with Gasteiger partial charge in [-0.05, 0) is 49.7 Å². The molecular formula is C20H29NO. The number of fused-ring (bicyclic) bond motifs is 4. The quantitative estimate of drug-likeness (QED) is 0.687. The molecule has 5 atom stereocenters. The lowest BCUT2D eigenvalue weighted by Gasteiger charge is -2.59. The van der Waals surface area contributed by atoms with Gasteiger partial charge in [-0.1, -0.05) is 44.5 Å². The molecule has 0 aromatic heterocycles. The summed E-state index contributed by atoms with van der Waals surface area (Å²) in [5, 5.41) is 0. The van der Waals surface area contributed by atoms with Crippen molar-refractivity contribution in [1.82, 2.24) is 4.90 Å². The molecule has 0 spiro atoms. The van der Waals surface area contributed by atoms with Gasteiger partial charge in [0.05, 0.1) is 6.10 Å². The van der Waals surface area contributed by atoms with Crippen LogP contribution in [0.3, 0.4) is 0 Å². The average Bonchev–Trinajstić information content (AvgIpc) is 2.49. The summed E-state index contributed by atoms with van der Waals surface area (Å²) >= 11 is 0. The molecule has 2 heterocycles. The first kappa shape index (κ1) is 14.7. The van der Waals surface area contributed by atoms with Gasteiger partial charge in [0, 0.05) is 18.0 Å². The Morgan fingerprint density at radius 1 is 1.09 bits per heavy atom. The second kappa shape index (κ2) is 5.07. The van der Waals surface area contributed by atoms with Crippen molar-refractivity contribution in [3.8, 4) is 0 Å². The van der Waals surface area contributed by atoms with Crippen LogP contribution in [0.1, 0.15) is 70.2 Å². The maximum absolute atomic E-state index is 6.70. The molecule has 2 unspecified atom stereocenters. The highest BCUT2D eigenvalue weighted by molar-refractivity contribution is 5.35.